The molecule has 4 aromatic rings. The first-order valence-electron chi connectivity index (χ1n) is 12.2. The van der Waals surface area contributed by atoms with Gasteiger partial charge in [-0.05, 0) is 41.3 Å². The SMILES string of the molecule is COC(=O)[C@H](NC(=O)[C@@H]1Cc2c([nH]c3ccccc23)[C@@H](c2cc(OC)c(O)c(OC)c2)N1)c1ccccc1. The number of ether oxygens (including phenoxy) is 3. The van der Waals surface area contributed by atoms with Crippen LogP contribution in [-0.2, 0) is 20.7 Å². The van der Waals surface area contributed by atoms with E-state index in [1.807, 2.05) is 30.3 Å². The maximum absolute atomic E-state index is 13.7. The standard InChI is InChI=1S/C29H29N3O6/c1-36-22-13-17(14-23(37-2)27(22)33)24-26-19(18-11-7-8-12-20(18)30-26)15-21(31-24)28(34)32-25(29(35)38-3)16-9-5-4-6-10-16/h4-14,21,24-25,30-31,33H,15H2,1-3H3,(H,32,34)/t21-,24+,25+/m0/s1. The van der Waals surface area contributed by atoms with Crippen LogP contribution in [0, 0.1) is 0 Å². The van der Waals surface area contributed by atoms with Crippen molar-refractivity contribution >= 4 is 22.8 Å². The number of aromatic amines is 1. The zero-order valence-corrected chi connectivity index (χ0v) is 21.3. The molecular formula is C29H29N3O6. The van der Waals surface area contributed by atoms with Gasteiger partial charge in [0.1, 0.15) is 0 Å². The molecule has 1 aliphatic rings. The van der Waals surface area contributed by atoms with Crippen LogP contribution in [0.1, 0.15) is 34.5 Å². The Labute approximate surface area is 219 Å². The molecule has 9 nitrogen and oxygen atoms in total. The first-order valence-corrected chi connectivity index (χ1v) is 12.2. The van der Waals surface area contributed by atoms with E-state index in [2.05, 4.69) is 15.6 Å². The van der Waals surface area contributed by atoms with Crippen molar-refractivity contribution in [2.75, 3.05) is 21.3 Å². The number of hydrogen-bond donors (Lipinski definition) is 4. The number of esters is 1. The van der Waals surface area contributed by atoms with E-state index in [0.29, 0.717) is 12.0 Å². The zero-order valence-electron chi connectivity index (χ0n) is 21.3. The highest BCUT2D eigenvalue weighted by atomic mass is 16.5. The maximum Gasteiger partial charge on any atom is 0.333 e. The number of phenolic OH excluding ortho intramolecular Hbond substituents is 1. The average molecular weight is 516 g/mol. The molecule has 0 spiro atoms. The summed E-state index contributed by atoms with van der Waals surface area (Å²) in [6.07, 6.45) is 0.400. The number of carbonyl (C=O) groups is 2. The number of hydrogen-bond acceptors (Lipinski definition) is 7. The van der Waals surface area contributed by atoms with Crippen molar-refractivity contribution in [2.45, 2.75) is 24.5 Å². The van der Waals surface area contributed by atoms with Crippen LogP contribution in [0.2, 0.25) is 0 Å². The largest absolute Gasteiger partial charge is 0.502 e. The monoisotopic (exact) mass is 515 g/mol. The number of para-hydroxylation sites is 1. The quantitative estimate of drug-likeness (QED) is 0.278. The highest BCUT2D eigenvalue weighted by molar-refractivity contribution is 5.91. The first kappa shape index (κ1) is 25.2. The van der Waals surface area contributed by atoms with Crippen molar-refractivity contribution in [3.05, 3.63) is 89.1 Å². The van der Waals surface area contributed by atoms with Crippen LogP contribution in [0.5, 0.6) is 17.2 Å². The third-order valence-corrected chi connectivity index (χ3v) is 6.92. The van der Waals surface area contributed by atoms with Gasteiger partial charge in [-0.15, -0.1) is 0 Å². The second-order valence-corrected chi connectivity index (χ2v) is 9.07. The van der Waals surface area contributed by atoms with Gasteiger partial charge in [-0.25, -0.2) is 4.79 Å². The molecule has 0 bridgehead atoms. The third-order valence-electron chi connectivity index (χ3n) is 6.92. The van der Waals surface area contributed by atoms with Crippen LogP contribution in [0.25, 0.3) is 10.9 Å². The fourth-order valence-corrected chi connectivity index (χ4v) is 5.03. The molecule has 38 heavy (non-hydrogen) atoms. The molecule has 196 valence electrons. The minimum absolute atomic E-state index is 0.107. The number of benzene rings is 3. The van der Waals surface area contributed by atoms with Crippen LogP contribution in [0.4, 0.5) is 0 Å². The number of nitrogens with one attached hydrogen (secondary N) is 3. The molecule has 9 heteroatoms. The summed E-state index contributed by atoms with van der Waals surface area (Å²) in [7, 11) is 4.23. The summed E-state index contributed by atoms with van der Waals surface area (Å²) in [5.74, 6) is -0.509. The number of carbonyl (C=O) groups excluding carboxylic acids is 2. The summed E-state index contributed by atoms with van der Waals surface area (Å²) in [6.45, 7) is 0. The van der Waals surface area contributed by atoms with Gasteiger partial charge < -0.3 is 29.6 Å². The van der Waals surface area contributed by atoms with Gasteiger partial charge in [-0.3, -0.25) is 10.1 Å². The normalized spacial score (nSPS) is 17.3. The molecule has 4 N–H and O–H groups in total. The molecule has 0 radical (unpaired) electrons. The summed E-state index contributed by atoms with van der Waals surface area (Å²) in [4.78, 5) is 29.8. The molecule has 0 saturated heterocycles. The van der Waals surface area contributed by atoms with Crippen LogP contribution in [0.15, 0.2) is 66.7 Å². The van der Waals surface area contributed by atoms with Crippen LogP contribution in [-0.4, -0.2) is 49.3 Å². The highest BCUT2D eigenvalue weighted by Crippen LogP contribution is 2.42. The Morgan fingerprint density at radius 2 is 1.63 bits per heavy atom. The fourth-order valence-electron chi connectivity index (χ4n) is 5.03. The van der Waals surface area contributed by atoms with Crippen molar-refractivity contribution in [2.24, 2.45) is 0 Å². The molecule has 2 heterocycles. The summed E-state index contributed by atoms with van der Waals surface area (Å²) >= 11 is 0. The zero-order chi connectivity index (χ0) is 26.8. The van der Waals surface area contributed by atoms with E-state index in [4.69, 9.17) is 14.2 Å². The molecule has 1 aromatic heterocycles. The van der Waals surface area contributed by atoms with Gasteiger partial charge in [0, 0.05) is 16.6 Å². The number of rotatable bonds is 7. The van der Waals surface area contributed by atoms with E-state index >= 15 is 0 Å². The van der Waals surface area contributed by atoms with Gasteiger partial charge in [0.05, 0.1) is 33.4 Å². The number of aromatic nitrogens is 1. The number of H-pyrrole nitrogens is 1. The minimum atomic E-state index is -0.952. The molecule has 3 aromatic carbocycles. The fraction of sp³-hybridized carbons (Fsp3) is 0.241. The molecular weight excluding hydrogens is 486 g/mol. The molecule has 0 unspecified atom stereocenters. The van der Waals surface area contributed by atoms with Gasteiger partial charge in [-0.1, -0.05) is 48.5 Å². The Balaban J connectivity index is 1.55. The van der Waals surface area contributed by atoms with E-state index in [1.165, 1.54) is 21.3 Å². The number of amides is 1. The van der Waals surface area contributed by atoms with Gasteiger partial charge in [0.25, 0.3) is 0 Å². The number of aromatic hydroxyl groups is 1. The molecule has 0 aliphatic carbocycles. The van der Waals surface area contributed by atoms with Crippen molar-refractivity contribution < 1.29 is 28.9 Å². The topological polar surface area (TPSA) is 122 Å². The Morgan fingerprint density at radius 1 is 0.974 bits per heavy atom. The summed E-state index contributed by atoms with van der Waals surface area (Å²) < 4.78 is 15.7. The first-order chi connectivity index (χ1) is 18.4. The van der Waals surface area contributed by atoms with Gasteiger partial charge >= 0.3 is 5.97 Å². The van der Waals surface area contributed by atoms with Gasteiger partial charge in [0.15, 0.2) is 17.5 Å². The van der Waals surface area contributed by atoms with Crippen LogP contribution in [0.3, 0.4) is 0 Å². The Morgan fingerprint density at radius 3 is 2.29 bits per heavy atom. The van der Waals surface area contributed by atoms with Crippen molar-refractivity contribution in [1.29, 1.82) is 0 Å². The molecule has 1 aliphatic heterocycles. The Hall–Kier alpha value is -4.50. The third kappa shape index (κ3) is 4.52. The second-order valence-electron chi connectivity index (χ2n) is 9.07. The van der Waals surface area contributed by atoms with E-state index in [-0.39, 0.29) is 23.2 Å². The van der Waals surface area contributed by atoms with Crippen molar-refractivity contribution in [1.82, 2.24) is 15.6 Å². The van der Waals surface area contributed by atoms with E-state index < -0.39 is 24.1 Å². The molecule has 3 atom stereocenters. The summed E-state index contributed by atoms with van der Waals surface area (Å²) in [5, 5.41) is 17.8. The molecule has 5 rings (SSSR count). The van der Waals surface area contributed by atoms with E-state index in [1.54, 1.807) is 36.4 Å². The lowest BCUT2D eigenvalue weighted by atomic mass is 9.89. The molecule has 0 fully saturated rings. The Kier molecular flexibility index (Phi) is 6.93. The van der Waals surface area contributed by atoms with Crippen LogP contribution < -0.4 is 20.1 Å². The average Bonchev–Trinajstić information content (AvgIpc) is 3.34. The molecule has 0 saturated carbocycles. The summed E-state index contributed by atoms with van der Waals surface area (Å²) in [6, 6.07) is 18.2. The van der Waals surface area contributed by atoms with Crippen molar-refractivity contribution in [3.8, 4) is 17.2 Å². The molecule has 1 amide bonds. The van der Waals surface area contributed by atoms with Gasteiger partial charge in [-0.2, -0.15) is 0 Å². The lowest BCUT2D eigenvalue weighted by Crippen LogP contribution is -2.51. The maximum atomic E-state index is 13.7. The number of fused-ring (bicyclic) bond motifs is 3. The Bertz CT molecular complexity index is 1460. The smallest absolute Gasteiger partial charge is 0.333 e. The van der Waals surface area contributed by atoms with Gasteiger partial charge in [0.2, 0.25) is 11.7 Å². The summed E-state index contributed by atoms with van der Waals surface area (Å²) in [5.41, 5.74) is 4.19. The predicted octanol–water partition coefficient (Wildman–Crippen LogP) is 3.52. The lowest BCUT2D eigenvalue weighted by Gasteiger charge is -2.32. The minimum Gasteiger partial charge on any atom is -0.502 e. The van der Waals surface area contributed by atoms with E-state index in [9.17, 15) is 14.7 Å². The van der Waals surface area contributed by atoms with E-state index in [0.717, 1.165) is 27.7 Å². The predicted molar refractivity (Wildman–Crippen MR) is 141 cm³/mol. The number of methoxy groups -OCH3 is 3. The second kappa shape index (κ2) is 10.5. The lowest BCUT2D eigenvalue weighted by molar-refractivity contribution is -0.145. The van der Waals surface area contributed by atoms with Crippen molar-refractivity contribution in [3.63, 3.8) is 0 Å². The highest BCUT2D eigenvalue weighted by Gasteiger charge is 2.36. The van der Waals surface area contributed by atoms with Crippen LogP contribution >= 0.6 is 0 Å². The number of phenols is 1.